The molecule has 0 amide bonds. The molecule has 0 N–H and O–H groups in total. The van der Waals surface area contributed by atoms with Crippen LogP contribution in [0.3, 0.4) is 0 Å². The summed E-state index contributed by atoms with van der Waals surface area (Å²) >= 11 is 0. The van der Waals surface area contributed by atoms with Crippen LogP contribution in [0.5, 0.6) is 0 Å². The first-order chi connectivity index (χ1) is 7.18. The van der Waals surface area contributed by atoms with Crippen molar-refractivity contribution in [2.24, 2.45) is 0 Å². The normalized spacial score (nSPS) is 25.1. The second-order valence-corrected chi connectivity index (χ2v) is 6.36. The van der Waals surface area contributed by atoms with E-state index in [2.05, 4.69) is 11.3 Å². The quantitative estimate of drug-likeness (QED) is 0.700. The van der Waals surface area contributed by atoms with Gasteiger partial charge < -0.3 is 4.90 Å². The fourth-order valence-corrected chi connectivity index (χ4v) is 3.50. The summed E-state index contributed by atoms with van der Waals surface area (Å²) in [6, 6.07) is 0. The van der Waals surface area contributed by atoms with Gasteiger partial charge in [0.1, 0.15) is 0 Å². The van der Waals surface area contributed by atoms with Crippen molar-refractivity contribution in [2.45, 2.75) is 19.3 Å². The average molecular weight is 231 g/mol. The molecule has 1 radical (unpaired) electrons. The molecule has 2 aliphatic heterocycles. The third-order valence-electron chi connectivity index (χ3n) is 3.17. The smallest absolute Gasteiger partial charge is 0.215 e. The Balaban J connectivity index is 1.81. The molecule has 2 saturated heterocycles. The Morgan fingerprint density at radius 1 is 1.07 bits per heavy atom. The summed E-state index contributed by atoms with van der Waals surface area (Å²) in [5.74, 6) is 0.299. The molecule has 0 bridgehead atoms. The number of hydrogen-bond donors (Lipinski definition) is 0. The van der Waals surface area contributed by atoms with E-state index in [4.69, 9.17) is 0 Å². The van der Waals surface area contributed by atoms with Crippen molar-refractivity contribution in [3.8, 4) is 0 Å². The lowest BCUT2D eigenvalue weighted by atomic mass is 10.2. The van der Waals surface area contributed by atoms with E-state index >= 15 is 0 Å². The van der Waals surface area contributed by atoms with Crippen molar-refractivity contribution in [1.29, 1.82) is 0 Å². The van der Waals surface area contributed by atoms with Gasteiger partial charge in [0.2, 0.25) is 10.0 Å². The van der Waals surface area contributed by atoms with E-state index in [1.165, 1.54) is 6.42 Å². The van der Waals surface area contributed by atoms with Gasteiger partial charge in [0.25, 0.3) is 0 Å². The minimum atomic E-state index is -2.98. The maximum Gasteiger partial charge on any atom is 0.215 e. The van der Waals surface area contributed by atoms with Gasteiger partial charge in [0.05, 0.1) is 5.75 Å². The molecule has 0 aliphatic carbocycles. The van der Waals surface area contributed by atoms with E-state index in [-0.39, 0.29) is 0 Å². The van der Waals surface area contributed by atoms with Gasteiger partial charge in [-0.1, -0.05) is 0 Å². The van der Waals surface area contributed by atoms with Crippen molar-refractivity contribution < 1.29 is 8.42 Å². The Morgan fingerprint density at radius 2 is 1.73 bits per heavy atom. The summed E-state index contributed by atoms with van der Waals surface area (Å²) in [6.45, 7) is 4.22. The van der Waals surface area contributed by atoms with Crippen LogP contribution >= 0.6 is 0 Å². The molecule has 2 fully saturated rings. The molecule has 5 heteroatoms. The second kappa shape index (κ2) is 4.80. The molecule has 0 atom stereocenters. The van der Waals surface area contributed by atoms with E-state index < -0.39 is 10.0 Å². The van der Waals surface area contributed by atoms with Crippen LogP contribution in [0.1, 0.15) is 19.3 Å². The predicted molar refractivity (Wildman–Crippen MR) is 60.0 cm³/mol. The minimum Gasteiger partial charge on any atom is -0.302 e. The van der Waals surface area contributed by atoms with E-state index in [0.717, 1.165) is 25.9 Å². The fourth-order valence-electron chi connectivity index (χ4n) is 1.98. The van der Waals surface area contributed by atoms with Gasteiger partial charge in [-0.25, -0.2) is 12.7 Å². The minimum absolute atomic E-state index is 0.299. The van der Waals surface area contributed by atoms with Gasteiger partial charge in [-0.15, -0.1) is 0 Å². The van der Waals surface area contributed by atoms with Crippen LogP contribution in [0.2, 0.25) is 0 Å². The number of likely N-dealkylation sites (tertiary alicyclic amines) is 1. The fraction of sp³-hybridized carbons (Fsp3) is 0.900. The van der Waals surface area contributed by atoms with Gasteiger partial charge >= 0.3 is 0 Å². The first-order valence-electron chi connectivity index (χ1n) is 5.70. The molecule has 0 spiro atoms. The molecule has 0 aromatic carbocycles. The number of piperidine rings is 1. The Kier molecular flexibility index (Phi) is 3.64. The highest BCUT2D eigenvalue weighted by Crippen LogP contribution is 2.13. The van der Waals surface area contributed by atoms with Crippen molar-refractivity contribution in [1.82, 2.24) is 9.21 Å². The summed E-state index contributed by atoms with van der Waals surface area (Å²) in [5, 5.41) is 0. The van der Waals surface area contributed by atoms with Crippen molar-refractivity contribution in [3.63, 3.8) is 0 Å². The molecule has 15 heavy (non-hydrogen) atoms. The summed E-state index contributed by atoms with van der Waals surface area (Å²) in [7, 11) is -2.98. The molecular formula is C10H19N2O2S. The highest BCUT2D eigenvalue weighted by atomic mass is 32.2. The summed E-state index contributed by atoms with van der Waals surface area (Å²) in [5.41, 5.74) is 0. The third-order valence-corrected chi connectivity index (χ3v) is 5.02. The summed E-state index contributed by atoms with van der Waals surface area (Å²) in [6.07, 6.45) is 5.20. The van der Waals surface area contributed by atoms with Crippen LogP contribution < -0.4 is 0 Å². The Bertz CT molecular complexity index is 293. The average Bonchev–Trinajstić information content (AvgIpc) is 2.16. The third kappa shape index (κ3) is 2.92. The topological polar surface area (TPSA) is 40.6 Å². The maximum absolute atomic E-state index is 11.9. The SMILES string of the molecule is O=S(=O)(CCN1CCC1)N1CC[CH]CC1. The molecule has 0 aromatic rings. The summed E-state index contributed by atoms with van der Waals surface area (Å²) in [4.78, 5) is 2.20. The highest BCUT2D eigenvalue weighted by molar-refractivity contribution is 7.89. The van der Waals surface area contributed by atoms with E-state index in [9.17, 15) is 8.42 Å². The van der Waals surface area contributed by atoms with E-state index in [0.29, 0.717) is 25.4 Å². The van der Waals surface area contributed by atoms with Crippen LogP contribution in [-0.4, -0.2) is 56.1 Å². The van der Waals surface area contributed by atoms with Crippen LogP contribution in [0.4, 0.5) is 0 Å². The van der Waals surface area contributed by atoms with Crippen LogP contribution in [0.15, 0.2) is 0 Å². The first-order valence-corrected chi connectivity index (χ1v) is 7.31. The monoisotopic (exact) mass is 231 g/mol. The number of sulfonamides is 1. The molecule has 2 rings (SSSR count). The van der Waals surface area contributed by atoms with Crippen molar-refractivity contribution >= 4 is 10.0 Å². The van der Waals surface area contributed by atoms with Gasteiger partial charge in [-0.2, -0.15) is 0 Å². The van der Waals surface area contributed by atoms with Gasteiger partial charge in [0.15, 0.2) is 0 Å². The second-order valence-electron chi connectivity index (χ2n) is 4.28. The van der Waals surface area contributed by atoms with E-state index in [1.807, 2.05) is 0 Å². The molecule has 4 nitrogen and oxygen atoms in total. The molecule has 0 saturated carbocycles. The van der Waals surface area contributed by atoms with Gasteiger partial charge in [-0.3, -0.25) is 0 Å². The zero-order valence-electron chi connectivity index (χ0n) is 9.06. The maximum atomic E-state index is 11.9. The largest absolute Gasteiger partial charge is 0.302 e. The number of rotatable bonds is 4. The van der Waals surface area contributed by atoms with Gasteiger partial charge in [0, 0.05) is 19.6 Å². The van der Waals surface area contributed by atoms with E-state index in [1.54, 1.807) is 4.31 Å². The first kappa shape index (κ1) is 11.4. The molecule has 0 aromatic heterocycles. The molecular weight excluding hydrogens is 212 g/mol. The summed E-state index contributed by atoms with van der Waals surface area (Å²) < 4.78 is 25.5. The number of hydrogen-bond acceptors (Lipinski definition) is 3. The Hall–Kier alpha value is -0.130. The highest BCUT2D eigenvalue weighted by Gasteiger charge is 2.25. The lowest BCUT2D eigenvalue weighted by Gasteiger charge is -2.32. The van der Waals surface area contributed by atoms with Crippen molar-refractivity contribution in [3.05, 3.63) is 6.42 Å². The van der Waals surface area contributed by atoms with Crippen LogP contribution in [0, 0.1) is 6.42 Å². The Labute approximate surface area is 92.3 Å². The lowest BCUT2D eigenvalue weighted by Crippen LogP contribution is -2.44. The molecule has 87 valence electrons. The lowest BCUT2D eigenvalue weighted by molar-refractivity contribution is 0.192. The predicted octanol–water partition coefficient (Wildman–Crippen LogP) is 0.322. The zero-order chi connectivity index (χ0) is 10.7. The van der Waals surface area contributed by atoms with Crippen LogP contribution in [0.25, 0.3) is 0 Å². The Morgan fingerprint density at radius 3 is 2.27 bits per heavy atom. The van der Waals surface area contributed by atoms with Crippen LogP contribution in [-0.2, 0) is 10.0 Å². The number of nitrogens with zero attached hydrogens (tertiary/aromatic N) is 2. The molecule has 2 heterocycles. The standard InChI is InChI=1S/C10H19N2O2S/c13-15(14,10-9-11-5-4-6-11)12-7-2-1-3-8-12/h1H,2-10H2. The van der Waals surface area contributed by atoms with Gasteiger partial charge in [-0.05, 0) is 38.8 Å². The zero-order valence-corrected chi connectivity index (χ0v) is 9.88. The van der Waals surface area contributed by atoms with Crippen molar-refractivity contribution in [2.75, 3.05) is 38.5 Å². The molecule has 0 unspecified atom stereocenters. The molecule has 2 aliphatic rings.